The number of nitrogens with two attached hydrogens (primary N) is 1. The van der Waals surface area contributed by atoms with Crippen molar-refractivity contribution < 1.29 is 9.53 Å². The molecule has 106 valence electrons. The number of hydrogen-bond donors (Lipinski definition) is 1. The smallest absolute Gasteiger partial charge is 0.409 e. The first-order chi connectivity index (χ1) is 8.48. The molecule has 2 N–H and O–H groups in total. The highest BCUT2D eigenvalue weighted by Gasteiger charge is 2.23. The second-order valence-electron chi connectivity index (χ2n) is 5.65. The monoisotopic (exact) mass is 257 g/mol. The summed E-state index contributed by atoms with van der Waals surface area (Å²) >= 11 is 0. The molecule has 0 radical (unpaired) electrons. The second-order valence-corrected chi connectivity index (χ2v) is 5.65. The molecule has 18 heavy (non-hydrogen) atoms. The SMILES string of the molecule is CCOC(=O)N1CCN(CCC(C)(C)CN)CC1. The largest absolute Gasteiger partial charge is 0.450 e. The third kappa shape index (κ3) is 4.82. The summed E-state index contributed by atoms with van der Waals surface area (Å²) < 4.78 is 5.00. The lowest BCUT2D eigenvalue weighted by molar-refractivity contribution is 0.0763. The number of rotatable bonds is 5. The average molecular weight is 257 g/mol. The first-order valence-electron chi connectivity index (χ1n) is 6.82. The van der Waals surface area contributed by atoms with Crippen molar-refractivity contribution in [2.45, 2.75) is 27.2 Å². The molecule has 1 aliphatic rings. The summed E-state index contributed by atoms with van der Waals surface area (Å²) in [5.41, 5.74) is 5.94. The van der Waals surface area contributed by atoms with Gasteiger partial charge in [-0.25, -0.2) is 4.79 Å². The molecular weight excluding hydrogens is 230 g/mol. The Hall–Kier alpha value is -0.810. The molecule has 0 aliphatic carbocycles. The van der Waals surface area contributed by atoms with Crippen molar-refractivity contribution in [3.8, 4) is 0 Å². The van der Waals surface area contributed by atoms with Crippen LogP contribution in [0.4, 0.5) is 4.79 Å². The minimum Gasteiger partial charge on any atom is -0.450 e. The molecule has 5 nitrogen and oxygen atoms in total. The first kappa shape index (κ1) is 15.2. The maximum atomic E-state index is 11.5. The van der Waals surface area contributed by atoms with Crippen LogP contribution in [-0.2, 0) is 4.74 Å². The highest BCUT2D eigenvalue weighted by atomic mass is 16.6. The van der Waals surface area contributed by atoms with Crippen molar-refractivity contribution in [1.29, 1.82) is 0 Å². The van der Waals surface area contributed by atoms with Crippen molar-refractivity contribution in [3.05, 3.63) is 0 Å². The standard InChI is InChI=1S/C13H27N3O2/c1-4-18-12(17)16-9-7-15(8-10-16)6-5-13(2,3)11-14/h4-11,14H2,1-3H3. The van der Waals surface area contributed by atoms with Crippen LogP contribution in [0.2, 0.25) is 0 Å². The van der Waals surface area contributed by atoms with Gasteiger partial charge in [0.15, 0.2) is 0 Å². The normalized spacial score (nSPS) is 17.9. The Bertz CT molecular complexity index is 261. The van der Waals surface area contributed by atoms with Crippen LogP contribution in [0.15, 0.2) is 0 Å². The van der Waals surface area contributed by atoms with Gasteiger partial charge >= 0.3 is 6.09 Å². The van der Waals surface area contributed by atoms with E-state index < -0.39 is 0 Å². The van der Waals surface area contributed by atoms with Crippen molar-refractivity contribution in [1.82, 2.24) is 9.80 Å². The van der Waals surface area contributed by atoms with Crippen LogP contribution in [-0.4, -0.2) is 61.8 Å². The molecule has 0 aromatic rings. The topological polar surface area (TPSA) is 58.8 Å². The minimum absolute atomic E-state index is 0.181. The molecule has 0 bridgehead atoms. The lowest BCUT2D eigenvalue weighted by Gasteiger charge is -2.35. The molecule has 0 saturated carbocycles. The van der Waals surface area contributed by atoms with Crippen LogP contribution in [0.3, 0.4) is 0 Å². The van der Waals surface area contributed by atoms with E-state index in [1.54, 1.807) is 4.90 Å². The molecule has 0 spiro atoms. The van der Waals surface area contributed by atoms with E-state index >= 15 is 0 Å². The van der Waals surface area contributed by atoms with Gasteiger partial charge in [-0.15, -0.1) is 0 Å². The van der Waals surface area contributed by atoms with Gasteiger partial charge < -0.3 is 15.4 Å². The summed E-state index contributed by atoms with van der Waals surface area (Å²) in [6, 6.07) is 0. The first-order valence-corrected chi connectivity index (χ1v) is 6.82. The Morgan fingerprint density at radius 2 is 1.89 bits per heavy atom. The van der Waals surface area contributed by atoms with E-state index in [1.807, 2.05) is 6.92 Å². The zero-order valence-corrected chi connectivity index (χ0v) is 11.9. The third-order valence-electron chi connectivity index (χ3n) is 3.56. The molecule has 1 amide bonds. The van der Waals surface area contributed by atoms with Gasteiger partial charge in [-0.3, -0.25) is 4.90 Å². The van der Waals surface area contributed by atoms with E-state index in [1.165, 1.54) is 0 Å². The molecule has 1 fully saturated rings. The molecule has 5 heteroatoms. The molecule has 1 rings (SSSR count). The van der Waals surface area contributed by atoms with Gasteiger partial charge in [-0.1, -0.05) is 13.8 Å². The molecule has 1 aliphatic heterocycles. The molecule has 0 aromatic carbocycles. The number of nitrogens with zero attached hydrogens (tertiary/aromatic N) is 2. The van der Waals surface area contributed by atoms with Crippen LogP contribution in [0, 0.1) is 5.41 Å². The van der Waals surface area contributed by atoms with Gasteiger partial charge in [0.1, 0.15) is 0 Å². The predicted molar refractivity (Wildman–Crippen MR) is 72.5 cm³/mol. The lowest BCUT2D eigenvalue weighted by Crippen LogP contribution is -2.49. The number of ether oxygens (including phenoxy) is 1. The number of hydrogen-bond acceptors (Lipinski definition) is 4. The van der Waals surface area contributed by atoms with E-state index in [2.05, 4.69) is 18.7 Å². The fourth-order valence-electron chi connectivity index (χ4n) is 1.93. The summed E-state index contributed by atoms with van der Waals surface area (Å²) in [6.07, 6.45) is 0.919. The van der Waals surface area contributed by atoms with E-state index in [0.717, 1.165) is 45.7 Å². The Balaban J connectivity index is 2.25. The zero-order valence-electron chi connectivity index (χ0n) is 11.9. The van der Waals surface area contributed by atoms with Crippen LogP contribution < -0.4 is 5.73 Å². The lowest BCUT2D eigenvalue weighted by atomic mass is 9.89. The summed E-state index contributed by atoms with van der Waals surface area (Å²) in [5.74, 6) is 0. The van der Waals surface area contributed by atoms with E-state index in [4.69, 9.17) is 10.5 Å². The van der Waals surface area contributed by atoms with Crippen molar-refractivity contribution in [2.24, 2.45) is 11.1 Å². The Kier molecular flexibility index (Phi) is 5.88. The van der Waals surface area contributed by atoms with Crippen LogP contribution in [0.5, 0.6) is 0 Å². The van der Waals surface area contributed by atoms with Gasteiger partial charge in [0.2, 0.25) is 0 Å². The van der Waals surface area contributed by atoms with Crippen molar-refractivity contribution in [2.75, 3.05) is 45.9 Å². The van der Waals surface area contributed by atoms with Gasteiger partial charge in [0.25, 0.3) is 0 Å². The number of piperazine rings is 1. The van der Waals surface area contributed by atoms with Crippen LogP contribution in [0.25, 0.3) is 0 Å². The summed E-state index contributed by atoms with van der Waals surface area (Å²) in [4.78, 5) is 15.7. The van der Waals surface area contributed by atoms with Gasteiger partial charge in [-0.05, 0) is 31.8 Å². The van der Waals surface area contributed by atoms with Crippen molar-refractivity contribution >= 4 is 6.09 Å². The van der Waals surface area contributed by atoms with E-state index in [-0.39, 0.29) is 11.5 Å². The van der Waals surface area contributed by atoms with Crippen LogP contribution in [0.1, 0.15) is 27.2 Å². The van der Waals surface area contributed by atoms with Gasteiger partial charge in [-0.2, -0.15) is 0 Å². The fraction of sp³-hybridized carbons (Fsp3) is 0.923. The average Bonchev–Trinajstić information content (AvgIpc) is 2.37. The fourth-order valence-corrected chi connectivity index (χ4v) is 1.93. The Morgan fingerprint density at radius 3 is 2.39 bits per heavy atom. The highest BCUT2D eigenvalue weighted by molar-refractivity contribution is 5.67. The summed E-state index contributed by atoms with van der Waals surface area (Å²) in [5, 5.41) is 0. The van der Waals surface area contributed by atoms with Crippen LogP contribution >= 0.6 is 0 Å². The maximum absolute atomic E-state index is 11.5. The number of amides is 1. The van der Waals surface area contributed by atoms with E-state index in [9.17, 15) is 4.79 Å². The number of carbonyl (C=O) groups is 1. The molecule has 1 saturated heterocycles. The summed E-state index contributed by atoms with van der Waals surface area (Å²) in [7, 11) is 0. The van der Waals surface area contributed by atoms with Crippen molar-refractivity contribution in [3.63, 3.8) is 0 Å². The zero-order chi connectivity index (χ0) is 13.6. The molecular formula is C13H27N3O2. The van der Waals surface area contributed by atoms with E-state index in [0.29, 0.717) is 6.61 Å². The predicted octanol–water partition coefficient (Wildman–Crippen LogP) is 1.14. The quantitative estimate of drug-likeness (QED) is 0.802. The molecule has 0 aromatic heterocycles. The Labute approximate surface area is 110 Å². The molecule has 0 atom stereocenters. The minimum atomic E-state index is -0.181. The number of carbonyl (C=O) groups excluding carboxylic acids is 1. The third-order valence-corrected chi connectivity index (χ3v) is 3.56. The van der Waals surface area contributed by atoms with Gasteiger partial charge in [0, 0.05) is 26.2 Å². The van der Waals surface area contributed by atoms with Gasteiger partial charge in [0.05, 0.1) is 6.61 Å². The summed E-state index contributed by atoms with van der Waals surface area (Å²) in [6.45, 7) is 11.8. The second kappa shape index (κ2) is 6.95. The molecule has 0 unspecified atom stereocenters. The maximum Gasteiger partial charge on any atom is 0.409 e. The highest BCUT2D eigenvalue weighted by Crippen LogP contribution is 2.19. The molecule has 1 heterocycles. The Morgan fingerprint density at radius 1 is 1.28 bits per heavy atom.